The topological polar surface area (TPSA) is 19.6 Å². The Balaban J connectivity index is 0.961. The molecule has 0 saturated carbocycles. The zero-order valence-electron chi connectivity index (χ0n) is 56.0. The molecular weight excluding hydrogens is 1190 g/mol. The van der Waals surface area contributed by atoms with Crippen LogP contribution in [0.15, 0.2) is 332 Å². The minimum absolute atomic E-state index is 0.0334. The van der Waals surface area contributed by atoms with Crippen molar-refractivity contribution in [3.8, 4) is 66.8 Å². The van der Waals surface area contributed by atoms with Crippen molar-refractivity contribution in [1.29, 1.82) is 0 Å². The second kappa shape index (κ2) is 22.7. The van der Waals surface area contributed by atoms with Gasteiger partial charge in [0.2, 0.25) is 0 Å². The molecule has 3 nitrogen and oxygen atoms in total. The first-order chi connectivity index (χ1) is 47.9. The first-order valence-corrected chi connectivity index (χ1v) is 34.4. The monoisotopic (exact) mass is 1260 g/mol. The Labute approximate surface area is 573 Å². The van der Waals surface area contributed by atoms with Crippen molar-refractivity contribution >= 4 is 77.6 Å². The van der Waals surface area contributed by atoms with E-state index < -0.39 is 5.41 Å². The van der Waals surface area contributed by atoms with E-state index in [0.717, 1.165) is 106 Å². The lowest BCUT2D eigenvalue weighted by Crippen LogP contribution is -2.26. The summed E-state index contributed by atoms with van der Waals surface area (Å²) in [6, 6.07) is 123. The molecule has 0 radical (unpaired) electrons. The highest BCUT2D eigenvalue weighted by atomic mass is 16.3. The second-order valence-electron chi connectivity index (χ2n) is 28.8. The molecule has 3 heteroatoms. The van der Waals surface area contributed by atoms with Gasteiger partial charge >= 0.3 is 0 Å². The van der Waals surface area contributed by atoms with Crippen molar-refractivity contribution in [2.24, 2.45) is 0 Å². The van der Waals surface area contributed by atoms with Gasteiger partial charge in [-0.25, -0.2) is 0 Å². The molecule has 0 aliphatic heterocycles. The molecule has 16 aromatic rings. The number of fused-ring (bicyclic) bond motifs is 19. The Morgan fingerprint density at radius 2 is 0.684 bits per heavy atom. The van der Waals surface area contributed by atoms with Gasteiger partial charge in [-0.15, -0.1) is 0 Å². The van der Waals surface area contributed by atoms with E-state index in [0.29, 0.717) is 0 Å². The van der Waals surface area contributed by atoms with Crippen LogP contribution in [0.5, 0.6) is 0 Å². The van der Waals surface area contributed by atoms with Crippen molar-refractivity contribution in [3.05, 3.63) is 361 Å². The minimum Gasteiger partial charge on any atom is -0.455 e. The zero-order valence-corrected chi connectivity index (χ0v) is 56.0. The molecule has 2 aliphatic carbocycles. The van der Waals surface area contributed by atoms with Crippen molar-refractivity contribution in [2.75, 3.05) is 9.80 Å². The fourth-order valence-electron chi connectivity index (χ4n) is 16.3. The number of nitrogens with zero attached hydrogens (tertiary/aromatic N) is 2. The molecule has 0 N–H and O–H groups in total. The Morgan fingerprint density at radius 3 is 1.17 bits per heavy atom. The van der Waals surface area contributed by atoms with Crippen molar-refractivity contribution in [2.45, 2.75) is 57.8 Å². The van der Waals surface area contributed by atoms with Crippen molar-refractivity contribution in [1.82, 2.24) is 0 Å². The summed E-state index contributed by atoms with van der Waals surface area (Å²) in [7, 11) is 0. The van der Waals surface area contributed by atoms with Crippen LogP contribution >= 0.6 is 0 Å². The van der Waals surface area contributed by atoms with Crippen LogP contribution in [-0.2, 0) is 16.2 Å². The molecule has 1 heterocycles. The number of furan rings is 1. The van der Waals surface area contributed by atoms with Gasteiger partial charge in [-0.05, 0) is 212 Å². The molecule has 18 rings (SSSR count). The largest absolute Gasteiger partial charge is 0.455 e. The van der Waals surface area contributed by atoms with Crippen LogP contribution in [0.25, 0.3) is 110 Å². The van der Waals surface area contributed by atoms with E-state index in [-0.39, 0.29) is 10.8 Å². The molecule has 2 aliphatic rings. The summed E-state index contributed by atoms with van der Waals surface area (Å²) < 4.78 is 7.73. The van der Waals surface area contributed by atoms with Gasteiger partial charge in [-0.2, -0.15) is 0 Å². The van der Waals surface area contributed by atoms with E-state index in [9.17, 15) is 0 Å². The lowest BCUT2D eigenvalue weighted by Gasteiger charge is -2.34. The Morgan fingerprint density at radius 1 is 0.276 bits per heavy atom. The van der Waals surface area contributed by atoms with E-state index in [2.05, 4.69) is 379 Å². The number of anilines is 6. The highest BCUT2D eigenvalue weighted by molar-refractivity contribution is 6.27. The lowest BCUT2D eigenvalue weighted by atomic mass is 9.69. The average Bonchev–Trinajstić information content (AvgIpc) is 1.48. The third-order valence-electron chi connectivity index (χ3n) is 20.9. The SMILES string of the molecule is CC(C)(C)c1ccc(N(c2cc(-c3ccccc3)cc(-c3ccccc3)c2)c2ccc3c4c(c5ccccc5c3c2)-c2c(cc(N(c3ccc(C(C)(C)C)cc3)c3cc(-c5ccccc5)cc(-c5ccccc5)c3)c3c2oc2ccccc23)C42c3ccccc3-c3ccccc32)cc1. The molecule has 98 heavy (non-hydrogen) atoms. The van der Waals surface area contributed by atoms with Gasteiger partial charge < -0.3 is 14.2 Å². The standard InChI is InChI=1S/C95H72N2O/c1-93(2,3)69-43-47-71(48-44-69)96(74-55-65(61-27-11-7-12-28-61)53-66(56-74)62-29-13-8-14-30-62)73-51-52-80-82(59-73)76-35-19-20-38-79(76)89-90-85(95(91(80)89)83-40-24-21-36-77(83)78-37-22-25-41-84(78)95)60-86(88-81-39-23-26-42-87(81)98-92(88)90)97(72-49-45-70(46-50-72)94(4,5)6)75-57-67(63-31-15-9-16-32-63)54-68(58-75)64-33-17-10-18-34-64/h7-60H,1-6H3. The van der Waals surface area contributed by atoms with E-state index in [1.807, 2.05) is 0 Å². The first kappa shape index (κ1) is 58.8. The highest BCUT2D eigenvalue weighted by Crippen LogP contribution is 2.68. The Hall–Kier alpha value is -11.8. The molecule has 0 saturated heterocycles. The maximum Gasteiger partial charge on any atom is 0.145 e. The van der Waals surface area contributed by atoms with Crippen LogP contribution in [0.3, 0.4) is 0 Å². The molecule has 1 aromatic heterocycles. The maximum atomic E-state index is 7.73. The van der Waals surface area contributed by atoms with E-state index in [1.54, 1.807) is 0 Å². The van der Waals surface area contributed by atoms with Gasteiger partial charge in [-0.3, -0.25) is 0 Å². The van der Waals surface area contributed by atoms with Crippen LogP contribution in [0, 0.1) is 0 Å². The zero-order chi connectivity index (χ0) is 66.0. The number of para-hydroxylation sites is 1. The number of benzene rings is 15. The minimum atomic E-state index is -0.830. The number of hydrogen-bond acceptors (Lipinski definition) is 3. The van der Waals surface area contributed by atoms with Gasteiger partial charge in [0.25, 0.3) is 0 Å². The smallest absolute Gasteiger partial charge is 0.145 e. The van der Waals surface area contributed by atoms with Crippen LogP contribution in [-0.4, -0.2) is 0 Å². The van der Waals surface area contributed by atoms with Crippen molar-refractivity contribution in [3.63, 3.8) is 0 Å². The number of rotatable bonds is 10. The fraction of sp³-hybridized carbons (Fsp3) is 0.0947. The molecule has 0 fully saturated rings. The first-order valence-electron chi connectivity index (χ1n) is 34.4. The average molecular weight is 1260 g/mol. The summed E-state index contributed by atoms with van der Waals surface area (Å²) in [5.74, 6) is 0. The fourth-order valence-corrected chi connectivity index (χ4v) is 16.3. The van der Waals surface area contributed by atoms with Crippen molar-refractivity contribution < 1.29 is 4.42 Å². The molecule has 1 spiro atoms. The Kier molecular flexibility index (Phi) is 13.6. The van der Waals surface area contributed by atoms with Gasteiger partial charge in [0, 0.05) is 39.4 Å². The van der Waals surface area contributed by atoms with Crippen LogP contribution in [0.2, 0.25) is 0 Å². The Bertz CT molecular complexity index is 5640. The predicted molar refractivity (Wildman–Crippen MR) is 414 cm³/mol. The summed E-state index contributed by atoms with van der Waals surface area (Å²) in [6.45, 7) is 13.8. The van der Waals surface area contributed by atoms with Gasteiger partial charge in [0.1, 0.15) is 11.2 Å². The molecule has 0 atom stereocenters. The molecular formula is C95H72N2O. The van der Waals surface area contributed by atoms with E-state index in [1.165, 1.54) is 71.6 Å². The molecule has 0 unspecified atom stereocenters. The summed E-state index contributed by atoms with van der Waals surface area (Å²) in [5, 5.41) is 6.85. The van der Waals surface area contributed by atoms with Crippen LogP contribution < -0.4 is 9.80 Å². The summed E-state index contributed by atoms with van der Waals surface area (Å²) in [5.41, 5.74) is 28.7. The van der Waals surface area contributed by atoms with Gasteiger partial charge in [0.15, 0.2) is 0 Å². The van der Waals surface area contributed by atoms with Crippen LogP contribution in [0.1, 0.15) is 74.9 Å². The van der Waals surface area contributed by atoms with Gasteiger partial charge in [-0.1, -0.05) is 284 Å². The third-order valence-corrected chi connectivity index (χ3v) is 20.9. The summed E-state index contributed by atoms with van der Waals surface area (Å²) >= 11 is 0. The summed E-state index contributed by atoms with van der Waals surface area (Å²) in [4.78, 5) is 5.03. The van der Waals surface area contributed by atoms with E-state index >= 15 is 0 Å². The van der Waals surface area contributed by atoms with E-state index in [4.69, 9.17) is 4.42 Å². The highest BCUT2D eigenvalue weighted by Gasteiger charge is 2.55. The van der Waals surface area contributed by atoms with Gasteiger partial charge in [0.05, 0.1) is 16.5 Å². The predicted octanol–water partition coefficient (Wildman–Crippen LogP) is 26.4. The molecule has 15 aromatic carbocycles. The quantitative estimate of drug-likeness (QED) is 0.127. The lowest BCUT2D eigenvalue weighted by molar-refractivity contribution is 0.590. The second-order valence-corrected chi connectivity index (χ2v) is 28.8. The molecule has 0 bridgehead atoms. The summed E-state index contributed by atoms with van der Waals surface area (Å²) in [6.07, 6.45) is 0. The number of hydrogen-bond donors (Lipinski definition) is 0. The molecule has 468 valence electrons. The maximum absolute atomic E-state index is 7.73. The third kappa shape index (κ3) is 9.39. The van der Waals surface area contributed by atoms with Crippen LogP contribution in [0.4, 0.5) is 34.1 Å². The normalized spacial score (nSPS) is 12.9. The molecule has 0 amide bonds.